The van der Waals surface area contributed by atoms with E-state index in [2.05, 4.69) is 4.90 Å². The summed E-state index contributed by atoms with van der Waals surface area (Å²) in [6.45, 7) is 1.72. The molecule has 1 heterocycles. The average Bonchev–Trinajstić information content (AvgIpc) is 2.74. The quantitative estimate of drug-likeness (QED) is 0.403. The van der Waals surface area contributed by atoms with Crippen molar-refractivity contribution in [1.82, 2.24) is 4.90 Å². The number of halogens is 4. The van der Waals surface area contributed by atoms with Crippen LogP contribution < -0.4 is 4.90 Å². The Kier molecular flexibility index (Phi) is 6.45. The molecule has 1 unspecified atom stereocenters. The smallest absolute Gasteiger partial charge is 0.253 e. The highest BCUT2D eigenvalue weighted by Crippen LogP contribution is 2.37. The van der Waals surface area contributed by atoms with Gasteiger partial charge in [0.1, 0.15) is 0 Å². The molecule has 30 heavy (non-hydrogen) atoms. The van der Waals surface area contributed by atoms with Gasteiger partial charge in [-0.25, -0.2) is 0 Å². The minimum Gasteiger partial charge on any atom is -0.360 e. The molecule has 0 spiro atoms. The molecule has 154 valence electrons. The van der Waals surface area contributed by atoms with Crippen molar-refractivity contribution in [3.63, 3.8) is 0 Å². The Labute approximate surface area is 195 Å². The highest BCUT2D eigenvalue weighted by molar-refractivity contribution is 6.36. The lowest BCUT2D eigenvalue weighted by Crippen LogP contribution is -2.50. The number of carbonyl (C=O) groups excluding carboxylic acids is 1. The van der Waals surface area contributed by atoms with Gasteiger partial charge in [0.2, 0.25) is 0 Å². The Bertz CT molecular complexity index is 1050. The monoisotopic (exact) mass is 478 g/mol. The lowest BCUT2D eigenvalue weighted by molar-refractivity contribution is 0.0722. The molecule has 0 saturated carbocycles. The maximum absolute atomic E-state index is 13.1. The van der Waals surface area contributed by atoms with Gasteiger partial charge in [-0.3, -0.25) is 4.79 Å². The Morgan fingerprint density at radius 3 is 2.00 bits per heavy atom. The fourth-order valence-corrected chi connectivity index (χ4v) is 4.48. The molecule has 1 amide bonds. The lowest BCUT2D eigenvalue weighted by atomic mass is 10.0. The van der Waals surface area contributed by atoms with E-state index in [4.69, 9.17) is 46.4 Å². The number of piperazine rings is 1. The van der Waals surface area contributed by atoms with Gasteiger partial charge < -0.3 is 9.80 Å². The topological polar surface area (TPSA) is 23.6 Å². The van der Waals surface area contributed by atoms with Crippen LogP contribution in [0.2, 0.25) is 20.1 Å². The van der Waals surface area contributed by atoms with Crippen LogP contribution >= 0.6 is 46.4 Å². The van der Waals surface area contributed by atoms with Gasteiger partial charge in [-0.1, -0.05) is 58.5 Å². The second-order valence-electron chi connectivity index (χ2n) is 7.11. The third kappa shape index (κ3) is 4.55. The third-order valence-corrected chi connectivity index (χ3v) is 6.27. The van der Waals surface area contributed by atoms with Crippen LogP contribution in [-0.2, 0) is 0 Å². The molecular formula is C23H18Cl4N2O. The predicted octanol–water partition coefficient (Wildman–Crippen LogP) is 7.00. The van der Waals surface area contributed by atoms with Crippen molar-refractivity contribution >= 4 is 58.0 Å². The van der Waals surface area contributed by atoms with Crippen molar-refractivity contribution in [3.8, 4) is 0 Å². The van der Waals surface area contributed by atoms with E-state index in [1.807, 2.05) is 41.3 Å². The Morgan fingerprint density at radius 2 is 1.37 bits per heavy atom. The summed E-state index contributed by atoms with van der Waals surface area (Å²) in [6.07, 6.45) is 0. The van der Waals surface area contributed by atoms with E-state index in [1.165, 1.54) is 0 Å². The zero-order valence-corrected chi connectivity index (χ0v) is 18.9. The molecule has 0 N–H and O–H groups in total. The average molecular weight is 480 g/mol. The summed E-state index contributed by atoms with van der Waals surface area (Å²) in [5.41, 5.74) is 2.56. The predicted molar refractivity (Wildman–Crippen MR) is 125 cm³/mol. The van der Waals surface area contributed by atoms with E-state index in [0.717, 1.165) is 11.3 Å². The number of amides is 1. The molecule has 1 fully saturated rings. The molecule has 3 aromatic rings. The molecule has 3 nitrogen and oxygen atoms in total. The SMILES string of the molecule is O=C(c1ccc(Cl)cc1)N1CCN(c2ccc(Cl)cc2Cl)C(c2ccc(Cl)cc2)C1. The zero-order valence-electron chi connectivity index (χ0n) is 15.9. The number of anilines is 1. The van der Waals surface area contributed by atoms with Crippen molar-refractivity contribution in [1.29, 1.82) is 0 Å². The Morgan fingerprint density at radius 1 is 0.767 bits per heavy atom. The molecule has 1 aliphatic heterocycles. The van der Waals surface area contributed by atoms with Gasteiger partial charge in [-0.2, -0.15) is 0 Å². The molecule has 0 aromatic heterocycles. The molecule has 0 aliphatic carbocycles. The highest BCUT2D eigenvalue weighted by atomic mass is 35.5. The van der Waals surface area contributed by atoms with Gasteiger partial charge in [0.25, 0.3) is 5.91 Å². The molecule has 1 atom stereocenters. The van der Waals surface area contributed by atoms with Gasteiger partial charge in [0.05, 0.1) is 16.8 Å². The number of benzene rings is 3. The van der Waals surface area contributed by atoms with Crippen molar-refractivity contribution in [2.75, 3.05) is 24.5 Å². The largest absolute Gasteiger partial charge is 0.360 e. The van der Waals surface area contributed by atoms with Gasteiger partial charge in [-0.05, 0) is 60.2 Å². The third-order valence-electron chi connectivity index (χ3n) is 5.23. The normalized spacial score (nSPS) is 16.6. The van der Waals surface area contributed by atoms with Crippen molar-refractivity contribution in [3.05, 3.63) is 97.9 Å². The fraction of sp³-hybridized carbons (Fsp3) is 0.174. The Hall–Kier alpha value is -1.91. The first-order chi connectivity index (χ1) is 14.4. The van der Waals surface area contributed by atoms with E-state index < -0.39 is 0 Å². The molecule has 7 heteroatoms. The summed E-state index contributed by atoms with van der Waals surface area (Å²) in [6, 6.07) is 20.1. The van der Waals surface area contributed by atoms with E-state index in [0.29, 0.717) is 45.3 Å². The van der Waals surface area contributed by atoms with E-state index in [1.54, 1.807) is 30.3 Å². The minimum atomic E-state index is -0.0778. The van der Waals surface area contributed by atoms with Crippen LogP contribution in [0.5, 0.6) is 0 Å². The van der Waals surface area contributed by atoms with Crippen molar-refractivity contribution < 1.29 is 4.79 Å². The number of rotatable bonds is 3. The molecular weight excluding hydrogens is 462 g/mol. The van der Waals surface area contributed by atoms with Crippen LogP contribution in [-0.4, -0.2) is 30.4 Å². The fourth-order valence-electron chi connectivity index (χ4n) is 3.72. The first-order valence-corrected chi connectivity index (χ1v) is 11.0. The van der Waals surface area contributed by atoms with Crippen molar-refractivity contribution in [2.45, 2.75) is 6.04 Å². The number of nitrogens with zero attached hydrogens (tertiary/aromatic N) is 2. The van der Waals surface area contributed by atoms with Gasteiger partial charge >= 0.3 is 0 Å². The first kappa shape index (κ1) is 21.3. The van der Waals surface area contributed by atoms with Crippen LogP contribution in [0, 0.1) is 0 Å². The van der Waals surface area contributed by atoms with Crippen LogP contribution in [0.1, 0.15) is 22.0 Å². The van der Waals surface area contributed by atoms with E-state index >= 15 is 0 Å². The van der Waals surface area contributed by atoms with Crippen LogP contribution in [0.4, 0.5) is 5.69 Å². The van der Waals surface area contributed by atoms with Crippen molar-refractivity contribution in [2.24, 2.45) is 0 Å². The second-order valence-corrected chi connectivity index (χ2v) is 8.83. The minimum absolute atomic E-state index is 0.0208. The maximum atomic E-state index is 13.1. The molecule has 0 bridgehead atoms. The summed E-state index contributed by atoms with van der Waals surface area (Å²) in [5, 5.41) is 2.44. The second kappa shape index (κ2) is 9.07. The van der Waals surface area contributed by atoms with Crippen LogP contribution in [0.25, 0.3) is 0 Å². The summed E-state index contributed by atoms with van der Waals surface area (Å²) in [5.74, 6) is -0.0208. The number of carbonyl (C=O) groups is 1. The van der Waals surface area contributed by atoms with E-state index in [-0.39, 0.29) is 11.9 Å². The van der Waals surface area contributed by atoms with Crippen LogP contribution in [0.15, 0.2) is 66.7 Å². The molecule has 0 radical (unpaired) electrons. The number of hydrogen-bond donors (Lipinski definition) is 0. The lowest BCUT2D eigenvalue weighted by Gasteiger charge is -2.43. The summed E-state index contributed by atoms with van der Waals surface area (Å²) < 4.78 is 0. The van der Waals surface area contributed by atoms with E-state index in [9.17, 15) is 4.79 Å². The Balaban J connectivity index is 1.66. The zero-order chi connectivity index (χ0) is 21.3. The summed E-state index contributed by atoms with van der Waals surface area (Å²) in [4.78, 5) is 17.2. The maximum Gasteiger partial charge on any atom is 0.253 e. The molecule has 3 aromatic carbocycles. The molecule has 1 aliphatic rings. The highest BCUT2D eigenvalue weighted by Gasteiger charge is 2.32. The van der Waals surface area contributed by atoms with Crippen LogP contribution in [0.3, 0.4) is 0 Å². The van der Waals surface area contributed by atoms with Gasteiger partial charge in [-0.15, -0.1) is 0 Å². The molecule has 4 rings (SSSR count). The first-order valence-electron chi connectivity index (χ1n) is 9.44. The summed E-state index contributed by atoms with van der Waals surface area (Å²) >= 11 is 24.7. The number of hydrogen-bond acceptors (Lipinski definition) is 2. The summed E-state index contributed by atoms with van der Waals surface area (Å²) in [7, 11) is 0. The van der Waals surface area contributed by atoms with Gasteiger partial charge in [0.15, 0.2) is 0 Å². The standard InChI is InChI=1S/C23H18Cl4N2O/c24-17-5-1-15(2-6-17)22-14-28(23(30)16-3-7-18(25)8-4-16)11-12-29(22)21-10-9-19(26)13-20(21)27/h1-10,13,22H,11-12,14H2. The molecule has 1 saturated heterocycles. The van der Waals surface area contributed by atoms with Gasteiger partial charge in [0, 0.05) is 40.3 Å².